The van der Waals surface area contributed by atoms with E-state index in [1.165, 1.54) is 6.07 Å². The number of nitrogens with one attached hydrogen (secondary N) is 1. The molecule has 0 bridgehead atoms. The Balaban J connectivity index is 2.61. The molecule has 0 saturated heterocycles. The van der Waals surface area contributed by atoms with Crippen molar-refractivity contribution >= 4 is 33.2 Å². The van der Waals surface area contributed by atoms with Crippen LogP contribution in [0.4, 0.5) is 11.4 Å². The van der Waals surface area contributed by atoms with Crippen LogP contribution in [-0.4, -0.2) is 16.4 Å². The van der Waals surface area contributed by atoms with Gasteiger partial charge in [-0.05, 0) is 19.9 Å². The zero-order chi connectivity index (χ0) is 12.8. The minimum atomic E-state index is -1.04. The summed E-state index contributed by atoms with van der Waals surface area (Å²) in [4.78, 5) is 22.0. The van der Waals surface area contributed by atoms with Crippen LogP contribution in [0.2, 0.25) is 0 Å². The van der Waals surface area contributed by atoms with E-state index in [1.807, 2.05) is 0 Å². The summed E-state index contributed by atoms with van der Waals surface area (Å²) in [6, 6.07) is 2.91. The third-order valence-electron chi connectivity index (χ3n) is 2.39. The minimum Gasteiger partial charge on any atom is -0.476 e. The number of hydrogen-bond acceptors (Lipinski definition) is 4. The number of nitrogens with zero attached hydrogens (tertiary/aromatic N) is 1. The highest BCUT2D eigenvalue weighted by molar-refractivity contribution is 9.10. The fourth-order valence-corrected chi connectivity index (χ4v) is 1.93. The molecule has 1 heterocycles. The standard InChI is InChI=1S/C10H9BrN2O4/c1-10(2)9(14)12-8-6(13(15)16)3-5(11)4-7(8)17-10/h3-4H,1-2H3,(H,12,14). The largest absolute Gasteiger partial charge is 0.476 e. The lowest BCUT2D eigenvalue weighted by atomic mass is 10.1. The third kappa shape index (κ3) is 1.97. The fourth-order valence-electron chi connectivity index (χ4n) is 1.50. The van der Waals surface area contributed by atoms with Crippen molar-refractivity contribution in [3.8, 4) is 5.75 Å². The van der Waals surface area contributed by atoms with Crippen LogP contribution in [0.1, 0.15) is 13.8 Å². The van der Waals surface area contributed by atoms with Crippen LogP contribution in [0.15, 0.2) is 16.6 Å². The Bertz CT molecular complexity index is 527. The number of hydrogen-bond donors (Lipinski definition) is 1. The molecule has 1 N–H and O–H groups in total. The van der Waals surface area contributed by atoms with Crippen LogP contribution in [0.5, 0.6) is 5.75 Å². The van der Waals surface area contributed by atoms with Crippen molar-refractivity contribution in [2.24, 2.45) is 0 Å². The van der Waals surface area contributed by atoms with E-state index in [0.717, 1.165) is 0 Å². The van der Waals surface area contributed by atoms with Gasteiger partial charge in [0.15, 0.2) is 17.0 Å². The quantitative estimate of drug-likeness (QED) is 0.638. The van der Waals surface area contributed by atoms with Gasteiger partial charge in [0.25, 0.3) is 11.6 Å². The van der Waals surface area contributed by atoms with Gasteiger partial charge in [-0.3, -0.25) is 14.9 Å². The van der Waals surface area contributed by atoms with Gasteiger partial charge in [-0.15, -0.1) is 0 Å². The molecular formula is C10H9BrN2O4. The lowest BCUT2D eigenvalue weighted by molar-refractivity contribution is -0.384. The maximum atomic E-state index is 11.7. The summed E-state index contributed by atoms with van der Waals surface area (Å²) in [6.07, 6.45) is 0. The molecule has 0 atom stereocenters. The van der Waals surface area contributed by atoms with Crippen molar-refractivity contribution in [1.29, 1.82) is 0 Å². The molecule has 0 spiro atoms. The maximum Gasteiger partial charge on any atom is 0.297 e. The summed E-state index contributed by atoms with van der Waals surface area (Å²) < 4.78 is 5.98. The van der Waals surface area contributed by atoms with E-state index in [0.29, 0.717) is 4.47 Å². The molecule has 1 aromatic rings. The second kappa shape index (κ2) is 3.69. The Morgan fingerprint density at radius 1 is 1.47 bits per heavy atom. The molecule has 1 aromatic carbocycles. The Kier molecular flexibility index (Phi) is 2.57. The Morgan fingerprint density at radius 2 is 2.12 bits per heavy atom. The molecule has 0 saturated carbocycles. The monoisotopic (exact) mass is 300 g/mol. The molecular weight excluding hydrogens is 292 g/mol. The van der Waals surface area contributed by atoms with E-state index < -0.39 is 16.4 Å². The van der Waals surface area contributed by atoms with Gasteiger partial charge in [0, 0.05) is 10.5 Å². The van der Waals surface area contributed by atoms with Crippen molar-refractivity contribution in [2.75, 3.05) is 5.32 Å². The number of anilines is 1. The van der Waals surface area contributed by atoms with Crippen LogP contribution in [-0.2, 0) is 4.79 Å². The molecule has 1 aliphatic heterocycles. The van der Waals surface area contributed by atoms with Gasteiger partial charge >= 0.3 is 0 Å². The third-order valence-corrected chi connectivity index (χ3v) is 2.85. The number of halogens is 1. The normalized spacial score (nSPS) is 16.8. The highest BCUT2D eigenvalue weighted by Crippen LogP contribution is 2.42. The van der Waals surface area contributed by atoms with Crippen LogP contribution < -0.4 is 10.1 Å². The summed E-state index contributed by atoms with van der Waals surface area (Å²) >= 11 is 3.17. The van der Waals surface area contributed by atoms with Crippen LogP contribution >= 0.6 is 15.9 Å². The van der Waals surface area contributed by atoms with E-state index in [4.69, 9.17) is 4.74 Å². The summed E-state index contributed by atoms with van der Waals surface area (Å²) in [5.41, 5.74) is -1.14. The zero-order valence-electron chi connectivity index (χ0n) is 9.11. The molecule has 0 fully saturated rings. The van der Waals surface area contributed by atoms with Gasteiger partial charge in [-0.25, -0.2) is 0 Å². The summed E-state index contributed by atoms with van der Waals surface area (Å²) in [5.74, 6) is -0.119. The van der Waals surface area contributed by atoms with Crippen molar-refractivity contribution in [3.63, 3.8) is 0 Å². The summed E-state index contributed by atoms with van der Waals surface area (Å²) in [7, 11) is 0. The lowest BCUT2D eigenvalue weighted by Gasteiger charge is -2.31. The van der Waals surface area contributed by atoms with Crippen molar-refractivity contribution in [2.45, 2.75) is 19.4 Å². The van der Waals surface area contributed by atoms with Crippen LogP contribution in [0.3, 0.4) is 0 Å². The number of nitro benzene ring substituents is 1. The molecule has 1 aliphatic rings. The van der Waals surface area contributed by atoms with Crippen molar-refractivity contribution in [3.05, 3.63) is 26.7 Å². The molecule has 0 aromatic heterocycles. The van der Waals surface area contributed by atoms with E-state index >= 15 is 0 Å². The predicted molar refractivity (Wildman–Crippen MR) is 64.1 cm³/mol. The maximum absolute atomic E-state index is 11.7. The predicted octanol–water partition coefficient (Wildman–Crippen LogP) is 2.47. The number of fused-ring (bicyclic) bond motifs is 1. The smallest absolute Gasteiger partial charge is 0.297 e. The van der Waals surface area contributed by atoms with E-state index in [1.54, 1.807) is 19.9 Å². The average molecular weight is 301 g/mol. The second-order valence-corrected chi connectivity index (χ2v) is 5.04. The molecule has 7 heteroatoms. The summed E-state index contributed by atoms with van der Waals surface area (Å²) in [5, 5.41) is 13.4. The lowest BCUT2D eigenvalue weighted by Crippen LogP contribution is -2.45. The molecule has 0 aliphatic carbocycles. The first-order valence-electron chi connectivity index (χ1n) is 4.79. The first kappa shape index (κ1) is 11.8. The first-order chi connectivity index (χ1) is 7.81. The number of rotatable bonds is 1. The molecule has 0 radical (unpaired) electrons. The van der Waals surface area contributed by atoms with Crippen molar-refractivity contribution < 1.29 is 14.5 Å². The number of amides is 1. The molecule has 90 valence electrons. The minimum absolute atomic E-state index is 0.0996. The number of carbonyl (C=O) groups excluding carboxylic acids is 1. The van der Waals surface area contributed by atoms with Crippen molar-refractivity contribution in [1.82, 2.24) is 0 Å². The number of ether oxygens (including phenoxy) is 1. The average Bonchev–Trinajstić information content (AvgIpc) is 2.18. The van der Waals surface area contributed by atoms with E-state index in [-0.39, 0.29) is 17.1 Å². The fraction of sp³-hybridized carbons (Fsp3) is 0.300. The molecule has 0 unspecified atom stereocenters. The second-order valence-electron chi connectivity index (χ2n) is 4.12. The van der Waals surface area contributed by atoms with Gasteiger partial charge in [-0.2, -0.15) is 0 Å². The first-order valence-corrected chi connectivity index (χ1v) is 5.59. The van der Waals surface area contributed by atoms with Gasteiger partial charge in [0.1, 0.15) is 0 Å². The molecule has 17 heavy (non-hydrogen) atoms. The van der Waals surface area contributed by atoms with Gasteiger partial charge in [0.05, 0.1) is 4.92 Å². The molecule has 2 rings (SSSR count). The zero-order valence-corrected chi connectivity index (χ0v) is 10.7. The van der Waals surface area contributed by atoms with Crippen LogP contribution in [0.25, 0.3) is 0 Å². The van der Waals surface area contributed by atoms with E-state index in [2.05, 4.69) is 21.2 Å². The Labute approximate surface area is 105 Å². The van der Waals surface area contributed by atoms with Crippen LogP contribution in [0, 0.1) is 10.1 Å². The Morgan fingerprint density at radius 3 is 2.71 bits per heavy atom. The highest BCUT2D eigenvalue weighted by Gasteiger charge is 2.38. The molecule has 6 nitrogen and oxygen atoms in total. The number of benzene rings is 1. The van der Waals surface area contributed by atoms with Gasteiger partial charge in [-0.1, -0.05) is 15.9 Å². The summed E-state index contributed by atoms with van der Waals surface area (Å²) in [6.45, 7) is 3.19. The SMILES string of the molecule is CC1(C)Oc2cc(Br)cc([N+](=O)[O-])c2NC1=O. The molecule has 1 amide bonds. The van der Waals surface area contributed by atoms with Gasteiger partial charge < -0.3 is 10.1 Å². The topological polar surface area (TPSA) is 81.5 Å². The number of carbonyl (C=O) groups is 1. The van der Waals surface area contributed by atoms with Gasteiger partial charge in [0.2, 0.25) is 0 Å². The number of nitro groups is 1. The van der Waals surface area contributed by atoms with E-state index in [9.17, 15) is 14.9 Å². The Hall–Kier alpha value is -1.63. The highest BCUT2D eigenvalue weighted by atomic mass is 79.9.